The molecule has 0 aromatic carbocycles. The van der Waals surface area contributed by atoms with Crippen molar-refractivity contribution in [2.75, 3.05) is 33.2 Å². The van der Waals surface area contributed by atoms with Crippen molar-refractivity contribution < 1.29 is 18.9 Å². The van der Waals surface area contributed by atoms with Crippen LogP contribution in [0.15, 0.2) is 4.52 Å². The van der Waals surface area contributed by atoms with Gasteiger partial charge in [-0.05, 0) is 26.7 Å². The number of amides is 4. The second-order valence-electron chi connectivity index (χ2n) is 8.44. The van der Waals surface area contributed by atoms with Gasteiger partial charge in [0.2, 0.25) is 11.8 Å². The monoisotopic (exact) mass is 389 g/mol. The van der Waals surface area contributed by atoms with Crippen LogP contribution in [-0.2, 0) is 16.1 Å². The van der Waals surface area contributed by atoms with Crippen LogP contribution in [0.3, 0.4) is 0 Å². The molecule has 3 saturated heterocycles. The molecule has 28 heavy (non-hydrogen) atoms. The fourth-order valence-corrected chi connectivity index (χ4v) is 4.60. The Morgan fingerprint density at radius 3 is 2.57 bits per heavy atom. The molecule has 1 aromatic rings. The summed E-state index contributed by atoms with van der Waals surface area (Å²) in [6.45, 7) is 6.66. The van der Waals surface area contributed by atoms with Crippen LogP contribution in [0.1, 0.15) is 36.3 Å². The van der Waals surface area contributed by atoms with Gasteiger partial charge in [-0.2, -0.15) is 0 Å². The molecule has 152 valence electrons. The van der Waals surface area contributed by atoms with Gasteiger partial charge in [-0.1, -0.05) is 5.16 Å². The molecule has 0 bridgehead atoms. The van der Waals surface area contributed by atoms with Crippen molar-refractivity contribution in [2.24, 2.45) is 5.41 Å². The first-order chi connectivity index (χ1) is 13.3. The molecule has 9 nitrogen and oxygen atoms in total. The zero-order valence-electron chi connectivity index (χ0n) is 16.7. The standard InChI is InChI=1S/C19H27N5O4/c1-12-14(13(2)28-21-12)9-24-11-19(8-16(24)25)4-6-23(7-5-19)17(26)15-10-22(3)18(27)20-15/h15H,4-11H2,1-3H3,(H,20,27)/t15-/m1/s1. The number of likely N-dealkylation sites (tertiary alicyclic amines) is 2. The molecule has 0 aliphatic carbocycles. The van der Waals surface area contributed by atoms with E-state index in [0.29, 0.717) is 39.1 Å². The van der Waals surface area contributed by atoms with E-state index in [-0.39, 0.29) is 23.3 Å². The smallest absolute Gasteiger partial charge is 0.317 e. The number of nitrogens with one attached hydrogen (secondary N) is 1. The molecule has 1 N–H and O–H groups in total. The molecule has 4 rings (SSSR count). The van der Waals surface area contributed by atoms with Gasteiger partial charge in [-0.25, -0.2) is 4.79 Å². The van der Waals surface area contributed by atoms with E-state index in [4.69, 9.17) is 4.52 Å². The highest BCUT2D eigenvalue weighted by Gasteiger charge is 2.46. The van der Waals surface area contributed by atoms with Crippen molar-refractivity contribution in [3.63, 3.8) is 0 Å². The fraction of sp³-hybridized carbons (Fsp3) is 0.684. The highest BCUT2D eigenvalue weighted by Crippen LogP contribution is 2.41. The minimum atomic E-state index is -0.465. The Hall–Kier alpha value is -2.58. The van der Waals surface area contributed by atoms with E-state index in [9.17, 15) is 14.4 Å². The van der Waals surface area contributed by atoms with Crippen molar-refractivity contribution in [2.45, 2.75) is 45.7 Å². The molecular weight excluding hydrogens is 362 g/mol. The summed E-state index contributed by atoms with van der Waals surface area (Å²) >= 11 is 0. The van der Waals surface area contributed by atoms with Crippen LogP contribution < -0.4 is 5.32 Å². The van der Waals surface area contributed by atoms with E-state index in [2.05, 4.69) is 10.5 Å². The number of urea groups is 1. The summed E-state index contributed by atoms with van der Waals surface area (Å²) in [6, 6.07) is -0.670. The number of rotatable bonds is 3. The SMILES string of the molecule is Cc1noc(C)c1CN1CC2(CCN(C(=O)[C@H]3CN(C)C(=O)N3)CC2)CC1=O. The van der Waals surface area contributed by atoms with Gasteiger partial charge in [-0.15, -0.1) is 0 Å². The molecule has 3 fully saturated rings. The Bertz CT molecular complexity index is 792. The van der Waals surface area contributed by atoms with Gasteiger partial charge in [0.1, 0.15) is 11.8 Å². The number of piperidine rings is 1. The van der Waals surface area contributed by atoms with Gasteiger partial charge in [0.15, 0.2) is 0 Å². The van der Waals surface area contributed by atoms with E-state index in [1.54, 1.807) is 7.05 Å². The van der Waals surface area contributed by atoms with Gasteiger partial charge >= 0.3 is 6.03 Å². The molecule has 3 aliphatic rings. The van der Waals surface area contributed by atoms with Gasteiger partial charge < -0.3 is 24.5 Å². The Labute approximate surface area is 164 Å². The van der Waals surface area contributed by atoms with Crippen LogP contribution in [0.5, 0.6) is 0 Å². The van der Waals surface area contributed by atoms with E-state index < -0.39 is 6.04 Å². The Balaban J connectivity index is 1.36. The second-order valence-corrected chi connectivity index (χ2v) is 8.44. The molecule has 4 amide bonds. The summed E-state index contributed by atoms with van der Waals surface area (Å²) in [5.74, 6) is 0.893. The first-order valence-electron chi connectivity index (χ1n) is 9.78. The fourth-order valence-electron chi connectivity index (χ4n) is 4.60. The molecule has 4 heterocycles. The van der Waals surface area contributed by atoms with E-state index in [0.717, 1.165) is 29.9 Å². The third-order valence-electron chi connectivity index (χ3n) is 6.47. The molecule has 9 heteroatoms. The van der Waals surface area contributed by atoms with Gasteiger partial charge in [0.05, 0.1) is 18.8 Å². The summed E-state index contributed by atoms with van der Waals surface area (Å²) < 4.78 is 5.22. The third-order valence-corrected chi connectivity index (χ3v) is 6.47. The number of likely N-dealkylation sites (N-methyl/N-ethyl adjacent to an activating group) is 1. The van der Waals surface area contributed by atoms with E-state index in [1.165, 1.54) is 4.90 Å². The molecule has 0 unspecified atom stereocenters. The number of carbonyl (C=O) groups is 3. The van der Waals surface area contributed by atoms with Crippen molar-refractivity contribution in [3.8, 4) is 0 Å². The average molecular weight is 389 g/mol. The molecule has 3 aliphatic heterocycles. The molecule has 0 radical (unpaired) electrons. The second kappa shape index (κ2) is 6.79. The minimum absolute atomic E-state index is 0.0237. The minimum Gasteiger partial charge on any atom is -0.361 e. The summed E-state index contributed by atoms with van der Waals surface area (Å²) in [6.07, 6.45) is 2.14. The third kappa shape index (κ3) is 3.22. The normalized spacial score (nSPS) is 24.4. The molecule has 1 spiro atoms. The zero-order valence-corrected chi connectivity index (χ0v) is 16.7. The first-order valence-corrected chi connectivity index (χ1v) is 9.78. The van der Waals surface area contributed by atoms with Gasteiger partial charge in [-0.3, -0.25) is 9.59 Å². The molecule has 1 aromatic heterocycles. The van der Waals surface area contributed by atoms with Crippen LogP contribution in [-0.4, -0.2) is 77.0 Å². The number of nitrogens with zero attached hydrogens (tertiary/aromatic N) is 4. The van der Waals surface area contributed by atoms with Crippen LogP contribution >= 0.6 is 0 Å². The van der Waals surface area contributed by atoms with Crippen molar-refractivity contribution in [1.82, 2.24) is 25.2 Å². The van der Waals surface area contributed by atoms with Gasteiger partial charge in [0.25, 0.3) is 0 Å². The van der Waals surface area contributed by atoms with Crippen molar-refractivity contribution in [3.05, 3.63) is 17.0 Å². The Kier molecular flexibility index (Phi) is 4.55. The Morgan fingerprint density at radius 1 is 1.29 bits per heavy atom. The predicted molar refractivity (Wildman–Crippen MR) is 99.2 cm³/mol. The van der Waals surface area contributed by atoms with E-state index in [1.807, 2.05) is 23.6 Å². The molecule has 0 saturated carbocycles. The predicted octanol–water partition coefficient (Wildman–Crippen LogP) is 0.656. The maximum absolute atomic E-state index is 12.7. The quantitative estimate of drug-likeness (QED) is 0.819. The first kappa shape index (κ1) is 18.8. The average Bonchev–Trinajstić information content (AvgIpc) is 3.27. The lowest BCUT2D eigenvalue weighted by molar-refractivity contribution is -0.135. The van der Waals surface area contributed by atoms with Crippen molar-refractivity contribution >= 4 is 17.8 Å². The van der Waals surface area contributed by atoms with Crippen LogP contribution in [0, 0.1) is 19.3 Å². The van der Waals surface area contributed by atoms with Gasteiger partial charge in [0, 0.05) is 44.1 Å². The lowest BCUT2D eigenvalue weighted by Crippen LogP contribution is -2.50. The number of hydrogen-bond acceptors (Lipinski definition) is 5. The molecule has 1 atom stereocenters. The molecular formula is C19H27N5O4. The summed E-state index contributed by atoms with van der Waals surface area (Å²) in [5.41, 5.74) is 1.75. The topological polar surface area (TPSA) is 99.0 Å². The maximum atomic E-state index is 12.7. The van der Waals surface area contributed by atoms with Crippen LogP contribution in [0.25, 0.3) is 0 Å². The summed E-state index contributed by atoms with van der Waals surface area (Å²) in [7, 11) is 1.69. The maximum Gasteiger partial charge on any atom is 0.317 e. The largest absolute Gasteiger partial charge is 0.361 e. The van der Waals surface area contributed by atoms with Crippen molar-refractivity contribution in [1.29, 1.82) is 0 Å². The summed E-state index contributed by atoms with van der Waals surface area (Å²) in [4.78, 5) is 42.2. The van der Waals surface area contributed by atoms with Crippen LogP contribution in [0.2, 0.25) is 0 Å². The number of aromatic nitrogens is 1. The number of carbonyl (C=O) groups excluding carboxylic acids is 3. The van der Waals surface area contributed by atoms with E-state index >= 15 is 0 Å². The zero-order chi connectivity index (χ0) is 20.1. The van der Waals surface area contributed by atoms with Crippen LogP contribution in [0.4, 0.5) is 4.79 Å². The highest BCUT2D eigenvalue weighted by molar-refractivity contribution is 5.90. The Morgan fingerprint density at radius 2 is 2.00 bits per heavy atom. The number of hydrogen-bond donors (Lipinski definition) is 1. The lowest BCUT2D eigenvalue weighted by atomic mass is 9.77. The highest BCUT2D eigenvalue weighted by atomic mass is 16.5. The summed E-state index contributed by atoms with van der Waals surface area (Å²) in [5, 5.41) is 6.70. The number of aryl methyl sites for hydroxylation is 2. The lowest BCUT2D eigenvalue weighted by Gasteiger charge is -2.39.